The molecule has 0 amide bonds. The number of hydrogen-bond acceptors (Lipinski definition) is 6. The number of H-pyrrole nitrogens is 2. The summed E-state index contributed by atoms with van der Waals surface area (Å²) in [5, 5.41) is 8.18. The molecule has 0 bridgehead atoms. The maximum Gasteiger partial charge on any atom is 0.277 e. The molecule has 3 aromatic heterocycles. The van der Waals surface area contributed by atoms with Gasteiger partial charge in [0.2, 0.25) is 0 Å². The van der Waals surface area contributed by atoms with Crippen molar-refractivity contribution in [2.45, 2.75) is 26.0 Å². The first-order chi connectivity index (χ1) is 11.5. The van der Waals surface area contributed by atoms with Gasteiger partial charge >= 0.3 is 0 Å². The Hall–Kier alpha value is -2.61. The van der Waals surface area contributed by atoms with E-state index in [1.54, 1.807) is 20.0 Å². The van der Waals surface area contributed by atoms with E-state index < -0.39 is 0 Å². The number of carbonyl (C=O) groups is 2. The average molecular weight is 344 g/mol. The minimum Gasteiger partial charge on any atom is -0.410 e. The molecule has 3 rings (SSSR count). The number of ketones is 2. The molecule has 2 N–H and O–H groups in total. The molecule has 0 fully saturated rings. The van der Waals surface area contributed by atoms with E-state index in [1.807, 2.05) is 12.1 Å². The minimum atomic E-state index is -0.118. The van der Waals surface area contributed by atoms with E-state index >= 15 is 0 Å². The highest BCUT2D eigenvalue weighted by atomic mass is 32.2. The number of thioether (sulfide) groups is 1. The van der Waals surface area contributed by atoms with Gasteiger partial charge in [0.1, 0.15) is 5.69 Å². The number of aromatic amines is 2. The number of rotatable bonds is 6. The maximum atomic E-state index is 12.4. The van der Waals surface area contributed by atoms with E-state index in [9.17, 15) is 9.59 Å². The summed E-state index contributed by atoms with van der Waals surface area (Å²) in [6.45, 7) is 5.05. The van der Waals surface area contributed by atoms with Crippen molar-refractivity contribution in [3.05, 3.63) is 40.8 Å². The maximum absolute atomic E-state index is 12.4. The van der Waals surface area contributed by atoms with Gasteiger partial charge in [-0.25, -0.2) is 0 Å². The van der Waals surface area contributed by atoms with Crippen molar-refractivity contribution >= 4 is 23.3 Å². The molecule has 3 aromatic rings. The lowest BCUT2D eigenvalue weighted by atomic mass is 10.1. The summed E-state index contributed by atoms with van der Waals surface area (Å²) in [5.41, 5.74) is 3.15. The van der Waals surface area contributed by atoms with E-state index in [0.29, 0.717) is 33.6 Å². The van der Waals surface area contributed by atoms with Crippen LogP contribution in [-0.4, -0.2) is 37.5 Å². The molecule has 0 saturated heterocycles. The second-order valence-electron chi connectivity index (χ2n) is 5.35. The fourth-order valence-electron chi connectivity index (χ4n) is 2.60. The van der Waals surface area contributed by atoms with Crippen molar-refractivity contribution in [2.24, 2.45) is 0 Å². The topological polar surface area (TPSA) is 105 Å². The van der Waals surface area contributed by atoms with Gasteiger partial charge in [0.15, 0.2) is 11.6 Å². The zero-order valence-electron chi connectivity index (χ0n) is 13.5. The van der Waals surface area contributed by atoms with Crippen LogP contribution < -0.4 is 0 Å². The van der Waals surface area contributed by atoms with Gasteiger partial charge in [-0.15, -0.1) is 10.2 Å². The van der Waals surface area contributed by atoms with Crippen LogP contribution in [0.4, 0.5) is 0 Å². The minimum absolute atomic E-state index is 0.0551. The average Bonchev–Trinajstić information content (AvgIpc) is 3.24. The van der Waals surface area contributed by atoms with Gasteiger partial charge in [-0.2, -0.15) is 0 Å². The second-order valence-corrected chi connectivity index (χ2v) is 6.28. The summed E-state index contributed by atoms with van der Waals surface area (Å²) in [6, 6.07) is 3.65. The Balaban J connectivity index is 1.70. The third-order valence-corrected chi connectivity index (χ3v) is 4.45. The Bertz CT molecular complexity index is 893. The van der Waals surface area contributed by atoms with Crippen molar-refractivity contribution in [2.75, 3.05) is 5.75 Å². The highest BCUT2D eigenvalue weighted by molar-refractivity contribution is 7.99. The predicted molar refractivity (Wildman–Crippen MR) is 89.4 cm³/mol. The first kappa shape index (κ1) is 16.3. The molecule has 0 saturated carbocycles. The quantitative estimate of drug-likeness (QED) is 0.525. The lowest BCUT2D eigenvalue weighted by Gasteiger charge is -1.99. The first-order valence-electron chi connectivity index (χ1n) is 7.30. The van der Waals surface area contributed by atoms with Crippen molar-refractivity contribution < 1.29 is 14.0 Å². The summed E-state index contributed by atoms with van der Waals surface area (Å²) in [4.78, 5) is 30.0. The molecule has 0 aromatic carbocycles. The van der Waals surface area contributed by atoms with Gasteiger partial charge in [-0.3, -0.25) is 9.59 Å². The number of carbonyl (C=O) groups excluding carboxylic acids is 2. The van der Waals surface area contributed by atoms with E-state index in [0.717, 1.165) is 5.69 Å². The van der Waals surface area contributed by atoms with E-state index in [4.69, 9.17) is 4.42 Å². The SMILES string of the molecule is CC(=O)c1c(C)[nH]c(C(=O)CSc2nnc(-c3ccc[nH]3)o2)c1C. The standard InChI is InChI=1S/C16H16N4O3S/c1-8-13(10(3)21)9(2)18-14(8)12(22)7-24-16-20-19-15(23-16)11-5-4-6-17-11/h4-6,17-18H,7H2,1-3H3. The number of aromatic nitrogens is 4. The van der Waals surface area contributed by atoms with Crippen LogP contribution in [0.1, 0.15) is 39.0 Å². The largest absolute Gasteiger partial charge is 0.410 e. The van der Waals surface area contributed by atoms with E-state index in [1.165, 1.54) is 18.7 Å². The Labute approximate surface area is 142 Å². The fraction of sp³-hybridized carbons (Fsp3) is 0.250. The number of Topliss-reactive ketones (excluding diaryl/α,β-unsaturated/α-hetero) is 2. The Morgan fingerprint density at radius 3 is 2.71 bits per heavy atom. The van der Waals surface area contributed by atoms with Gasteiger partial charge in [-0.05, 0) is 38.5 Å². The molecule has 0 aliphatic heterocycles. The van der Waals surface area contributed by atoms with Crippen LogP contribution in [0.15, 0.2) is 28.0 Å². The summed E-state index contributed by atoms with van der Waals surface area (Å²) in [7, 11) is 0. The molecule has 24 heavy (non-hydrogen) atoms. The smallest absolute Gasteiger partial charge is 0.277 e. The molecule has 0 spiro atoms. The van der Waals surface area contributed by atoms with E-state index in [2.05, 4.69) is 20.2 Å². The normalized spacial score (nSPS) is 11.0. The molecule has 0 aliphatic carbocycles. The van der Waals surface area contributed by atoms with Crippen LogP contribution in [0.3, 0.4) is 0 Å². The second kappa shape index (κ2) is 6.48. The molecule has 124 valence electrons. The van der Waals surface area contributed by atoms with Crippen molar-refractivity contribution in [3.8, 4) is 11.6 Å². The molecule has 0 aliphatic rings. The molecule has 7 nitrogen and oxygen atoms in total. The molecule has 0 unspecified atom stereocenters. The third-order valence-electron chi connectivity index (χ3n) is 3.63. The molecule has 8 heteroatoms. The molecule has 0 atom stereocenters. The highest BCUT2D eigenvalue weighted by Crippen LogP contribution is 2.24. The Morgan fingerprint density at radius 1 is 1.29 bits per heavy atom. The van der Waals surface area contributed by atoms with Crippen LogP contribution in [0, 0.1) is 13.8 Å². The van der Waals surface area contributed by atoms with Crippen LogP contribution in [0.5, 0.6) is 0 Å². The number of nitrogens with zero attached hydrogens (tertiary/aromatic N) is 2. The summed E-state index contributed by atoms with van der Waals surface area (Å²) in [6.07, 6.45) is 1.76. The van der Waals surface area contributed by atoms with Gasteiger partial charge in [0, 0.05) is 17.5 Å². The molecular formula is C16H16N4O3S. The summed E-state index contributed by atoms with van der Waals surface area (Å²) < 4.78 is 5.50. The number of nitrogens with one attached hydrogen (secondary N) is 2. The van der Waals surface area contributed by atoms with Crippen molar-refractivity contribution in [1.29, 1.82) is 0 Å². The number of aryl methyl sites for hydroxylation is 1. The van der Waals surface area contributed by atoms with Crippen LogP contribution >= 0.6 is 11.8 Å². The van der Waals surface area contributed by atoms with Gasteiger partial charge < -0.3 is 14.4 Å². The van der Waals surface area contributed by atoms with Crippen LogP contribution in [-0.2, 0) is 0 Å². The molecule has 3 heterocycles. The monoisotopic (exact) mass is 344 g/mol. The highest BCUT2D eigenvalue weighted by Gasteiger charge is 2.20. The van der Waals surface area contributed by atoms with Crippen molar-refractivity contribution in [3.63, 3.8) is 0 Å². The van der Waals surface area contributed by atoms with E-state index in [-0.39, 0.29) is 17.3 Å². The fourth-order valence-corrected chi connectivity index (χ4v) is 3.23. The Kier molecular flexibility index (Phi) is 4.39. The number of hydrogen-bond donors (Lipinski definition) is 2. The van der Waals surface area contributed by atoms with Gasteiger partial charge in [0.25, 0.3) is 11.1 Å². The Morgan fingerprint density at radius 2 is 2.08 bits per heavy atom. The molecule has 0 radical (unpaired) electrons. The van der Waals surface area contributed by atoms with Crippen LogP contribution in [0.2, 0.25) is 0 Å². The predicted octanol–water partition coefficient (Wildman–Crippen LogP) is 3.19. The zero-order valence-corrected chi connectivity index (χ0v) is 14.3. The zero-order chi connectivity index (χ0) is 17.3. The van der Waals surface area contributed by atoms with Gasteiger partial charge in [-0.1, -0.05) is 11.8 Å². The van der Waals surface area contributed by atoms with Crippen LogP contribution in [0.25, 0.3) is 11.6 Å². The summed E-state index contributed by atoms with van der Waals surface area (Å²) >= 11 is 1.17. The lowest BCUT2D eigenvalue weighted by molar-refractivity contribution is 0.101. The summed E-state index contributed by atoms with van der Waals surface area (Å²) in [5.74, 6) is 0.346. The molecular weight excluding hydrogens is 328 g/mol. The van der Waals surface area contributed by atoms with Crippen molar-refractivity contribution in [1.82, 2.24) is 20.2 Å². The lowest BCUT2D eigenvalue weighted by Crippen LogP contribution is -2.05. The third kappa shape index (κ3) is 3.05. The van der Waals surface area contributed by atoms with Gasteiger partial charge in [0.05, 0.1) is 11.4 Å². The first-order valence-corrected chi connectivity index (χ1v) is 8.29.